The summed E-state index contributed by atoms with van der Waals surface area (Å²) in [5.74, 6) is 0.191. The molecule has 0 bridgehead atoms. The molecular formula is C24H29ClN4O3. The highest BCUT2D eigenvalue weighted by Crippen LogP contribution is 2.34. The van der Waals surface area contributed by atoms with Crippen molar-refractivity contribution in [3.8, 4) is 0 Å². The second-order valence-electron chi connectivity index (χ2n) is 8.56. The van der Waals surface area contributed by atoms with Crippen molar-refractivity contribution in [2.24, 2.45) is 5.92 Å². The third kappa shape index (κ3) is 4.90. The van der Waals surface area contributed by atoms with Gasteiger partial charge in [-0.05, 0) is 54.7 Å². The molecule has 7 nitrogen and oxygen atoms in total. The van der Waals surface area contributed by atoms with E-state index in [2.05, 4.69) is 32.7 Å². The molecule has 8 heteroatoms. The molecule has 1 atom stereocenters. The summed E-state index contributed by atoms with van der Waals surface area (Å²) in [6.45, 7) is 5.12. The van der Waals surface area contributed by atoms with E-state index in [1.807, 2.05) is 24.4 Å². The molecule has 4 heterocycles. The zero-order chi connectivity index (χ0) is 21.2. The van der Waals surface area contributed by atoms with Crippen LogP contribution in [0.3, 0.4) is 0 Å². The Morgan fingerprint density at radius 2 is 1.97 bits per heavy atom. The van der Waals surface area contributed by atoms with E-state index in [1.165, 1.54) is 5.56 Å². The topological polar surface area (TPSA) is 86.5 Å². The first-order valence-electron chi connectivity index (χ1n) is 11.1. The Morgan fingerprint density at radius 1 is 1.12 bits per heavy atom. The number of morpholine rings is 1. The summed E-state index contributed by atoms with van der Waals surface area (Å²) < 4.78 is 5.41. The van der Waals surface area contributed by atoms with Crippen molar-refractivity contribution in [3.63, 3.8) is 0 Å². The number of aryl methyl sites for hydroxylation is 1. The number of anilines is 1. The number of benzene rings is 1. The maximum Gasteiger partial charge on any atom is 0.256 e. The number of carbonyl (C=O) groups is 2. The summed E-state index contributed by atoms with van der Waals surface area (Å²) >= 11 is 0. The van der Waals surface area contributed by atoms with E-state index in [0.717, 1.165) is 81.2 Å². The van der Waals surface area contributed by atoms with Crippen molar-refractivity contribution in [2.45, 2.75) is 25.8 Å². The number of halogens is 1. The van der Waals surface area contributed by atoms with Gasteiger partial charge >= 0.3 is 0 Å². The van der Waals surface area contributed by atoms with Crippen LogP contribution in [0.4, 0.5) is 5.69 Å². The molecular weight excluding hydrogens is 428 g/mol. The van der Waals surface area contributed by atoms with E-state index in [-0.39, 0.29) is 30.1 Å². The van der Waals surface area contributed by atoms with Crippen LogP contribution in [0.2, 0.25) is 0 Å². The van der Waals surface area contributed by atoms with Crippen LogP contribution >= 0.6 is 12.4 Å². The van der Waals surface area contributed by atoms with Gasteiger partial charge in [-0.1, -0.05) is 6.07 Å². The molecule has 0 aliphatic carbocycles. The molecule has 2 saturated heterocycles. The van der Waals surface area contributed by atoms with E-state index in [0.29, 0.717) is 5.57 Å². The smallest absolute Gasteiger partial charge is 0.256 e. The third-order valence-corrected chi connectivity index (χ3v) is 6.39. The number of hydrogen-bond donors (Lipinski definition) is 3. The quantitative estimate of drug-likeness (QED) is 0.583. The van der Waals surface area contributed by atoms with Gasteiger partial charge in [-0.15, -0.1) is 12.4 Å². The molecule has 0 saturated carbocycles. The first kappa shape index (κ1) is 22.6. The summed E-state index contributed by atoms with van der Waals surface area (Å²) in [7, 11) is 0. The summed E-state index contributed by atoms with van der Waals surface area (Å²) in [6.07, 6.45) is 6.52. The summed E-state index contributed by atoms with van der Waals surface area (Å²) in [5.41, 5.74) is 5.74. The number of ether oxygens (including phenoxy) is 1. The Morgan fingerprint density at radius 3 is 2.75 bits per heavy atom. The van der Waals surface area contributed by atoms with Gasteiger partial charge in [0.05, 0.1) is 18.8 Å². The number of nitrogens with zero attached hydrogens (tertiary/aromatic N) is 1. The molecule has 3 N–H and O–H groups in total. The second-order valence-corrected chi connectivity index (χ2v) is 8.56. The number of H-pyrrole nitrogens is 1. The molecule has 5 rings (SSSR count). The first-order valence-corrected chi connectivity index (χ1v) is 11.1. The predicted octanol–water partition coefficient (Wildman–Crippen LogP) is 2.83. The highest BCUT2D eigenvalue weighted by atomic mass is 35.5. The van der Waals surface area contributed by atoms with Gasteiger partial charge in [-0.3, -0.25) is 14.5 Å². The molecule has 1 unspecified atom stereocenters. The number of hydrogen-bond acceptors (Lipinski definition) is 4. The zero-order valence-electron chi connectivity index (χ0n) is 18.0. The van der Waals surface area contributed by atoms with E-state index < -0.39 is 0 Å². The zero-order valence-corrected chi connectivity index (χ0v) is 18.8. The van der Waals surface area contributed by atoms with E-state index in [4.69, 9.17) is 4.74 Å². The maximum absolute atomic E-state index is 12.6. The average molecular weight is 457 g/mol. The fraction of sp³-hybridized carbons (Fsp3) is 0.417. The molecule has 0 spiro atoms. The Hall–Kier alpha value is -2.61. The number of aromatic amines is 1. The second kappa shape index (κ2) is 9.90. The lowest BCUT2D eigenvalue weighted by Crippen LogP contribution is -2.35. The van der Waals surface area contributed by atoms with Gasteiger partial charge in [-0.25, -0.2) is 0 Å². The van der Waals surface area contributed by atoms with Gasteiger partial charge in [0, 0.05) is 55.2 Å². The van der Waals surface area contributed by atoms with Crippen LogP contribution in [0.25, 0.3) is 11.6 Å². The minimum absolute atomic E-state index is 0. The van der Waals surface area contributed by atoms with Crippen molar-refractivity contribution in [1.82, 2.24) is 15.2 Å². The monoisotopic (exact) mass is 456 g/mol. The molecule has 1 aromatic carbocycles. The van der Waals surface area contributed by atoms with Crippen LogP contribution in [-0.2, 0) is 27.3 Å². The van der Waals surface area contributed by atoms with Gasteiger partial charge in [0.25, 0.3) is 5.91 Å². The fourth-order valence-corrected chi connectivity index (χ4v) is 4.60. The Kier molecular flexibility index (Phi) is 6.98. The third-order valence-electron chi connectivity index (χ3n) is 6.39. The summed E-state index contributed by atoms with van der Waals surface area (Å²) in [5, 5.41) is 5.86. The Balaban J connectivity index is 0.00000245. The van der Waals surface area contributed by atoms with Gasteiger partial charge in [0.15, 0.2) is 0 Å². The number of aromatic nitrogens is 1. The molecule has 1 aromatic heterocycles. The minimum Gasteiger partial charge on any atom is -0.379 e. The predicted molar refractivity (Wildman–Crippen MR) is 127 cm³/mol. The summed E-state index contributed by atoms with van der Waals surface area (Å²) in [4.78, 5) is 30.1. The lowest BCUT2D eigenvalue weighted by Gasteiger charge is -2.25. The van der Waals surface area contributed by atoms with Crippen LogP contribution in [0, 0.1) is 5.92 Å². The molecule has 2 amide bonds. The number of rotatable bonds is 6. The van der Waals surface area contributed by atoms with Crippen LogP contribution in [0.15, 0.2) is 30.5 Å². The number of amides is 2. The lowest BCUT2D eigenvalue weighted by molar-refractivity contribution is -0.122. The molecule has 3 aliphatic heterocycles. The number of fused-ring (bicyclic) bond motifs is 1. The maximum atomic E-state index is 12.6. The van der Waals surface area contributed by atoms with E-state index in [1.54, 1.807) is 0 Å². The van der Waals surface area contributed by atoms with E-state index in [9.17, 15) is 9.59 Å². The molecule has 2 fully saturated rings. The molecule has 0 radical (unpaired) electrons. The molecule has 170 valence electrons. The molecule has 3 aliphatic rings. The largest absolute Gasteiger partial charge is 0.379 e. The number of nitrogens with one attached hydrogen (secondary N) is 3. The standard InChI is InChI=1S/C24H28N4O3.ClH/c29-23-18(5-6-25-23)3-1-16-2-4-22-20(12-16)21(24(30)27-22)13-19-11-17(14-26-19)15-28-7-9-31-10-8-28;/h2,4,11-14,18,26H,1,3,5-10,15H2,(H,25,29)(H,27,30);1H. The highest BCUT2D eigenvalue weighted by Gasteiger charge is 2.26. The van der Waals surface area contributed by atoms with Crippen LogP contribution in [0.1, 0.15) is 35.2 Å². The average Bonchev–Trinajstić information content (AvgIpc) is 3.47. The van der Waals surface area contributed by atoms with Crippen molar-refractivity contribution in [2.75, 3.05) is 38.2 Å². The van der Waals surface area contributed by atoms with Crippen LogP contribution in [-0.4, -0.2) is 54.5 Å². The van der Waals surface area contributed by atoms with Gasteiger partial charge in [0.2, 0.25) is 5.91 Å². The Labute approximate surface area is 194 Å². The van der Waals surface area contributed by atoms with Crippen molar-refractivity contribution >= 4 is 41.6 Å². The molecule has 2 aromatic rings. The SMILES string of the molecule is Cl.O=C1Nc2ccc(CCC3CCNC3=O)cc2C1=Cc1cc(CN2CCOCC2)c[nH]1. The van der Waals surface area contributed by atoms with Crippen LogP contribution < -0.4 is 10.6 Å². The molecule has 32 heavy (non-hydrogen) atoms. The van der Waals surface area contributed by atoms with Gasteiger partial charge in [0.1, 0.15) is 0 Å². The van der Waals surface area contributed by atoms with Crippen molar-refractivity contribution in [3.05, 3.63) is 52.8 Å². The van der Waals surface area contributed by atoms with Crippen molar-refractivity contribution in [1.29, 1.82) is 0 Å². The lowest BCUT2D eigenvalue weighted by atomic mass is 9.96. The van der Waals surface area contributed by atoms with Gasteiger partial charge in [-0.2, -0.15) is 0 Å². The van der Waals surface area contributed by atoms with E-state index >= 15 is 0 Å². The highest BCUT2D eigenvalue weighted by molar-refractivity contribution is 6.34. The minimum atomic E-state index is -0.0772. The Bertz CT molecular complexity index is 1030. The normalized spacial score (nSPS) is 21.9. The van der Waals surface area contributed by atoms with Crippen LogP contribution in [0.5, 0.6) is 0 Å². The summed E-state index contributed by atoms with van der Waals surface area (Å²) in [6, 6.07) is 8.21. The van der Waals surface area contributed by atoms with Crippen molar-refractivity contribution < 1.29 is 14.3 Å². The first-order chi connectivity index (χ1) is 15.2. The fourth-order valence-electron chi connectivity index (χ4n) is 4.60. The number of carbonyl (C=O) groups excluding carboxylic acids is 2. The van der Waals surface area contributed by atoms with Gasteiger partial charge < -0.3 is 20.4 Å².